The average Bonchev–Trinajstić information content (AvgIpc) is 2.39. The summed E-state index contributed by atoms with van der Waals surface area (Å²) in [5.74, 6) is 0.431. The van der Waals surface area contributed by atoms with Gasteiger partial charge in [-0.25, -0.2) is 0 Å². The second kappa shape index (κ2) is 5.98. The molecule has 1 aromatic rings. The lowest BCUT2D eigenvalue weighted by atomic mass is 10.0. The third-order valence-corrected chi connectivity index (χ3v) is 2.70. The number of nitrogens with zero attached hydrogens (tertiary/aromatic N) is 2. The molecule has 0 fully saturated rings. The summed E-state index contributed by atoms with van der Waals surface area (Å²) in [6.07, 6.45) is 0.489. The number of nitriles is 1. The average molecular weight is 249 g/mol. The molecule has 0 saturated heterocycles. The number of hydrogen-bond acceptors (Lipinski definition) is 5. The summed E-state index contributed by atoms with van der Waals surface area (Å²) >= 11 is 0. The van der Waals surface area contributed by atoms with Gasteiger partial charge in [-0.2, -0.15) is 5.26 Å². The molecule has 0 aromatic heterocycles. The van der Waals surface area contributed by atoms with E-state index >= 15 is 0 Å². The quantitative estimate of drug-likeness (QED) is 0.614. The van der Waals surface area contributed by atoms with Crippen molar-refractivity contribution in [3.63, 3.8) is 0 Å². The lowest BCUT2D eigenvalue weighted by molar-refractivity contribution is -0.384. The molecular weight excluding hydrogens is 234 g/mol. The Morgan fingerprint density at radius 2 is 2.33 bits per heavy atom. The van der Waals surface area contributed by atoms with E-state index in [9.17, 15) is 10.1 Å². The molecule has 0 spiro atoms. The highest BCUT2D eigenvalue weighted by Gasteiger charge is 2.20. The molecule has 6 heteroatoms. The number of nitro groups is 1. The zero-order chi connectivity index (χ0) is 13.6. The first-order chi connectivity index (χ1) is 8.50. The maximum absolute atomic E-state index is 10.6. The number of nitro benzene ring substituents is 1. The topological polar surface area (TPSA) is 88.2 Å². The Morgan fingerprint density at radius 1 is 1.61 bits per heavy atom. The Balaban J connectivity index is 2.57. The molecule has 18 heavy (non-hydrogen) atoms. The van der Waals surface area contributed by atoms with E-state index in [2.05, 4.69) is 11.4 Å². The summed E-state index contributed by atoms with van der Waals surface area (Å²) in [6.45, 7) is 2.08. The Morgan fingerprint density at radius 3 is 2.89 bits per heavy atom. The maximum Gasteiger partial charge on any atom is 0.273 e. The zero-order valence-corrected chi connectivity index (χ0v) is 10.3. The Kier molecular flexibility index (Phi) is 4.63. The Hall–Kier alpha value is -2.13. The second-order valence-corrected chi connectivity index (χ2v) is 4.05. The largest absolute Gasteiger partial charge is 0.493 e. The summed E-state index contributed by atoms with van der Waals surface area (Å²) < 4.78 is 5.40. The van der Waals surface area contributed by atoms with Gasteiger partial charge < -0.3 is 10.1 Å². The molecule has 0 bridgehead atoms. The van der Waals surface area contributed by atoms with Crippen molar-refractivity contribution in [3.8, 4) is 11.8 Å². The van der Waals surface area contributed by atoms with E-state index in [1.807, 2.05) is 0 Å². The van der Waals surface area contributed by atoms with Crippen LogP contribution in [0.2, 0.25) is 0 Å². The number of ether oxygens (including phenoxy) is 1. The molecule has 0 amide bonds. The van der Waals surface area contributed by atoms with Crippen molar-refractivity contribution >= 4 is 5.69 Å². The second-order valence-electron chi connectivity index (χ2n) is 4.05. The molecule has 6 nitrogen and oxygen atoms in total. The van der Waals surface area contributed by atoms with E-state index in [1.165, 1.54) is 12.1 Å². The van der Waals surface area contributed by atoms with Crippen molar-refractivity contribution < 1.29 is 9.66 Å². The third kappa shape index (κ3) is 3.71. The fourth-order valence-electron chi connectivity index (χ4n) is 1.30. The van der Waals surface area contributed by atoms with E-state index in [4.69, 9.17) is 10.00 Å². The van der Waals surface area contributed by atoms with Gasteiger partial charge in [0, 0.05) is 12.5 Å². The smallest absolute Gasteiger partial charge is 0.273 e. The fraction of sp³-hybridized carbons (Fsp3) is 0.417. The van der Waals surface area contributed by atoms with E-state index in [-0.39, 0.29) is 5.69 Å². The van der Waals surface area contributed by atoms with Gasteiger partial charge in [-0.1, -0.05) is 6.07 Å². The van der Waals surface area contributed by atoms with Gasteiger partial charge in [0.25, 0.3) is 5.69 Å². The van der Waals surface area contributed by atoms with Crippen LogP contribution in [-0.2, 0) is 0 Å². The predicted molar refractivity (Wildman–Crippen MR) is 66.3 cm³/mol. The van der Waals surface area contributed by atoms with E-state index < -0.39 is 10.5 Å². The van der Waals surface area contributed by atoms with E-state index in [1.54, 1.807) is 26.1 Å². The number of hydrogen-bond donors (Lipinski definition) is 1. The molecular formula is C12H15N3O3. The minimum atomic E-state index is -0.652. The van der Waals surface area contributed by atoms with Crippen molar-refractivity contribution in [2.24, 2.45) is 0 Å². The standard InChI is InChI=1S/C12H15N3O3/c1-12(9-13,14-2)6-7-18-11-5-3-4-10(8-11)15(16)17/h3-5,8,14H,6-7H2,1-2H3. The van der Waals surface area contributed by atoms with Crippen molar-refractivity contribution in [2.75, 3.05) is 13.7 Å². The summed E-state index contributed by atoms with van der Waals surface area (Å²) in [5, 5.41) is 22.4. The minimum Gasteiger partial charge on any atom is -0.493 e. The summed E-state index contributed by atoms with van der Waals surface area (Å²) in [6, 6.07) is 8.12. The number of nitrogens with one attached hydrogen (secondary N) is 1. The third-order valence-electron chi connectivity index (χ3n) is 2.70. The van der Waals surface area contributed by atoms with Gasteiger partial charge >= 0.3 is 0 Å². The van der Waals surface area contributed by atoms with Crippen LogP contribution in [0.5, 0.6) is 5.75 Å². The van der Waals surface area contributed by atoms with Gasteiger partial charge in [0.1, 0.15) is 11.3 Å². The highest BCUT2D eigenvalue weighted by atomic mass is 16.6. The molecule has 0 radical (unpaired) electrons. The normalized spacial score (nSPS) is 13.4. The van der Waals surface area contributed by atoms with E-state index in [0.717, 1.165) is 0 Å². The van der Waals surface area contributed by atoms with Crippen molar-refractivity contribution in [3.05, 3.63) is 34.4 Å². The van der Waals surface area contributed by atoms with Crippen LogP contribution in [0.15, 0.2) is 24.3 Å². The molecule has 0 aliphatic rings. The first kappa shape index (κ1) is 13.9. The first-order valence-corrected chi connectivity index (χ1v) is 5.48. The van der Waals surface area contributed by atoms with Gasteiger partial charge in [0.15, 0.2) is 0 Å². The van der Waals surface area contributed by atoms with Crippen molar-refractivity contribution in [2.45, 2.75) is 18.9 Å². The predicted octanol–water partition coefficient (Wildman–Crippen LogP) is 1.87. The van der Waals surface area contributed by atoms with Crippen molar-refractivity contribution in [1.29, 1.82) is 5.26 Å². The zero-order valence-electron chi connectivity index (χ0n) is 10.3. The lowest BCUT2D eigenvalue weighted by Crippen LogP contribution is -2.39. The van der Waals surface area contributed by atoms with Crippen LogP contribution >= 0.6 is 0 Å². The van der Waals surface area contributed by atoms with Gasteiger partial charge in [-0.05, 0) is 20.0 Å². The fourth-order valence-corrected chi connectivity index (χ4v) is 1.30. The lowest BCUT2D eigenvalue weighted by Gasteiger charge is -2.20. The van der Waals surface area contributed by atoms with Gasteiger partial charge in [0.05, 0.1) is 23.7 Å². The van der Waals surface area contributed by atoms with Gasteiger partial charge in [-0.15, -0.1) is 0 Å². The Bertz CT molecular complexity index is 470. The highest BCUT2D eigenvalue weighted by molar-refractivity contribution is 5.37. The number of rotatable bonds is 6. The van der Waals surface area contributed by atoms with Crippen LogP contribution in [0, 0.1) is 21.4 Å². The molecule has 1 atom stereocenters. The summed E-state index contributed by atoms with van der Waals surface area (Å²) in [5.41, 5.74) is -0.662. The van der Waals surface area contributed by atoms with Crippen LogP contribution in [0.25, 0.3) is 0 Å². The molecule has 0 aliphatic carbocycles. The van der Waals surface area contributed by atoms with Crippen LogP contribution in [0.3, 0.4) is 0 Å². The van der Waals surface area contributed by atoms with Crippen LogP contribution in [0.1, 0.15) is 13.3 Å². The highest BCUT2D eigenvalue weighted by Crippen LogP contribution is 2.19. The van der Waals surface area contributed by atoms with Crippen molar-refractivity contribution in [1.82, 2.24) is 5.32 Å². The summed E-state index contributed by atoms with van der Waals surface area (Å²) in [4.78, 5) is 10.1. The maximum atomic E-state index is 10.6. The molecule has 1 N–H and O–H groups in total. The number of non-ortho nitro benzene ring substituents is 1. The van der Waals surface area contributed by atoms with Crippen LogP contribution in [-0.4, -0.2) is 24.1 Å². The molecule has 0 aliphatic heterocycles. The Labute approximate surface area is 105 Å². The first-order valence-electron chi connectivity index (χ1n) is 5.48. The van der Waals surface area contributed by atoms with Crippen LogP contribution in [0.4, 0.5) is 5.69 Å². The molecule has 96 valence electrons. The van der Waals surface area contributed by atoms with E-state index in [0.29, 0.717) is 18.8 Å². The SMILES string of the molecule is CNC(C)(C#N)CCOc1cccc([N+](=O)[O-])c1. The molecule has 1 aromatic carbocycles. The van der Waals surface area contributed by atoms with Crippen LogP contribution < -0.4 is 10.1 Å². The molecule has 1 rings (SSSR count). The minimum absolute atomic E-state index is 0.0100. The molecule has 1 unspecified atom stereocenters. The molecule has 0 saturated carbocycles. The monoisotopic (exact) mass is 249 g/mol. The van der Waals surface area contributed by atoms with Gasteiger partial charge in [-0.3, -0.25) is 10.1 Å². The number of benzene rings is 1. The summed E-state index contributed by atoms with van der Waals surface area (Å²) in [7, 11) is 1.70. The molecule has 0 heterocycles. The van der Waals surface area contributed by atoms with Gasteiger partial charge in [0.2, 0.25) is 0 Å².